The fourth-order valence-electron chi connectivity index (χ4n) is 7.76. The fourth-order valence-corrected chi connectivity index (χ4v) is 7.76. The van der Waals surface area contributed by atoms with Crippen LogP contribution in [0.2, 0.25) is 0 Å². The normalized spacial score (nSPS) is 49.7. The number of hydrogen-bond acceptors (Lipinski definition) is 3. The van der Waals surface area contributed by atoms with E-state index in [0.717, 1.165) is 36.9 Å². The van der Waals surface area contributed by atoms with E-state index in [2.05, 4.69) is 26.0 Å². The summed E-state index contributed by atoms with van der Waals surface area (Å²) in [4.78, 5) is 12.0. The van der Waals surface area contributed by atoms with E-state index in [1.807, 2.05) is 0 Å². The molecular formula is C23H32O3. The summed E-state index contributed by atoms with van der Waals surface area (Å²) >= 11 is 0. The lowest BCUT2D eigenvalue weighted by Crippen LogP contribution is -2.54. The quantitative estimate of drug-likeness (QED) is 0.608. The molecule has 0 aromatic carbocycles. The second-order valence-corrected chi connectivity index (χ2v) is 9.97. The Kier molecular flexibility index (Phi) is 3.50. The molecule has 0 N–H and O–H groups in total. The van der Waals surface area contributed by atoms with Crippen molar-refractivity contribution in [2.75, 3.05) is 7.11 Å². The third-order valence-corrected chi connectivity index (χ3v) is 9.33. The van der Waals surface area contributed by atoms with Gasteiger partial charge in [0.15, 0.2) is 0 Å². The molecule has 1 heterocycles. The number of ether oxygens (including phenoxy) is 2. The molecule has 1 aliphatic heterocycles. The van der Waals surface area contributed by atoms with Crippen LogP contribution < -0.4 is 0 Å². The van der Waals surface area contributed by atoms with Crippen LogP contribution in [0.5, 0.6) is 0 Å². The van der Waals surface area contributed by atoms with Crippen LogP contribution in [0.25, 0.3) is 0 Å². The Morgan fingerprint density at radius 1 is 1.08 bits per heavy atom. The topological polar surface area (TPSA) is 35.5 Å². The molecule has 142 valence electrons. The van der Waals surface area contributed by atoms with Gasteiger partial charge in [-0.3, -0.25) is 4.79 Å². The highest BCUT2D eigenvalue weighted by Crippen LogP contribution is 2.69. The zero-order chi connectivity index (χ0) is 18.2. The molecule has 6 atom stereocenters. The molecule has 3 heteroatoms. The number of esters is 1. The molecule has 1 saturated heterocycles. The summed E-state index contributed by atoms with van der Waals surface area (Å²) in [6.07, 6.45) is 14.7. The fraction of sp³-hybridized carbons (Fsp3) is 0.783. The van der Waals surface area contributed by atoms with Gasteiger partial charge in [0.05, 0.1) is 12.9 Å². The highest BCUT2D eigenvalue weighted by Gasteiger charge is 2.66. The van der Waals surface area contributed by atoms with Crippen LogP contribution in [0.1, 0.15) is 71.6 Å². The average Bonchev–Trinajstić information content (AvgIpc) is 3.15. The van der Waals surface area contributed by atoms with Crippen LogP contribution in [-0.2, 0) is 14.3 Å². The van der Waals surface area contributed by atoms with E-state index in [1.165, 1.54) is 37.7 Å². The summed E-state index contributed by atoms with van der Waals surface area (Å²) < 4.78 is 11.6. The number of carbonyl (C=O) groups is 1. The maximum absolute atomic E-state index is 12.0. The van der Waals surface area contributed by atoms with Crippen molar-refractivity contribution in [3.05, 3.63) is 23.5 Å². The van der Waals surface area contributed by atoms with Crippen molar-refractivity contribution in [1.82, 2.24) is 0 Å². The Balaban J connectivity index is 1.49. The second kappa shape index (κ2) is 5.39. The van der Waals surface area contributed by atoms with Gasteiger partial charge in [-0.1, -0.05) is 19.9 Å². The van der Waals surface area contributed by atoms with Crippen molar-refractivity contribution in [3.63, 3.8) is 0 Å². The van der Waals surface area contributed by atoms with Crippen LogP contribution in [0.4, 0.5) is 0 Å². The number of fused-ring (bicyclic) bond motifs is 6. The van der Waals surface area contributed by atoms with Gasteiger partial charge in [0.2, 0.25) is 0 Å². The van der Waals surface area contributed by atoms with Gasteiger partial charge >= 0.3 is 5.97 Å². The Morgan fingerprint density at radius 2 is 1.88 bits per heavy atom. The molecule has 0 amide bonds. The first kappa shape index (κ1) is 16.9. The lowest BCUT2D eigenvalue weighted by Gasteiger charge is -2.58. The predicted molar refractivity (Wildman–Crippen MR) is 100 cm³/mol. The molecule has 5 aliphatic rings. The lowest BCUT2D eigenvalue weighted by molar-refractivity contribution is -0.167. The molecule has 0 aromatic rings. The van der Waals surface area contributed by atoms with E-state index < -0.39 is 0 Å². The molecule has 0 unspecified atom stereocenters. The molecular weight excluding hydrogens is 324 g/mol. The van der Waals surface area contributed by atoms with E-state index in [4.69, 9.17) is 9.47 Å². The highest BCUT2D eigenvalue weighted by atomic mass is 16.6. The molecule has 0 radical (unpaired) electrons. The molecule has 3 fully saturated rings. The van der Waals surface area contributed by atoms with Crippen molar-refractivity contribution in [3.8, 4) is 0 Å². The van der Waals surface area contributed by atoms with E-state index in [9.17, 15) is 4.79 Å². The predicted octanol–water partition coefficient (Wildman–Crippen LogP) is 5.17. The molecule has 1 spiro atoms. The first-order valence-electron chi connectivity index (χ1n) is 10.6. The SMILES string of the molecule is COC1=CC2=CC[C@@H]3[C@@H](CC[C@@]4(C)[C@H]3CC[C@@]43CCC(=O)O3)[C@@]2(C)CC1. The standard InChI is InChI=1S/C23H32O3/c1-21-10-6-16(25-3)14-15(21)4-5-17-18(21)7-11-22(2)19(17)8-12-23(22)13-9-20(24)26-23/h4,14,17-19H,5-13H2,1-3H3/t17-,18-,19+,21+,22+,23-/m1/s1. The Hall–Kier alpha value is -1.25. The first-order chi connectivity index (χ1) is 12.4. The third kappa shape index (κ3) is 1.98. The molecule has 5 rings (SSSR count). The molecule has 4 aliphatic carbocycles. The number of rotatable bonds is 1. The molecule has 2 saturated carbocycles. The number of allylic oxidation sites excluding steroid dienone is 4. The van der Waals surface area contributed by atoms with E-state index in [1.54, 1.807) is 7.11 Å². The molecule has 26 heavy (non-hydrogen) atoms. The van der Waals surface area contributed by atoms with Gasteiger partial charge in [0.1, 0.15) is 5.60 Å². The minimum Gasteiger partial charge on any atom is -0.501 e. The van der Waals surface area contributed by atoms with Gasteiger partial charge in [0.25, 0.3) is 0 Å². The minimum atomic E-state index is -0.152. The smallest absolute Gasteiger partial charge is 0.306 e. The van der Waals surface area contributed by atoms with Crippen molar-refractivity contribution in [1.29, 1.82) is 0 Å². The average molecular weight is 357 g/mol. The summed E-state index contributed by atoms with van der Waals surface area (Å²) in [6, 6.07) is 0. The first-order valence-corrected chi connectivity index (χ1v) is 10.6. The number of methoxy groups -OCH3 is 1. The van der Waals surface area contributed by atoms with Gasteiger partial charge < -0.3 is 9.47 Å². The maximum atomic E-state index is 12.0. The van der Waals surface area contributed by atoms with Gasteiger partial charge in [-0.05, 0) is 79.8 Å². The van der Waals surface area contributed by atoms with Gasteiger partial charge in [-0.25, -0.2) is 0 Å². The summed E-state index contributed by atoms with van der Waals surface area (Å²) in [6.45, 7) is 4.95. The van der Waals surface area contributed by atoms with Crippen LogP contribution in [0, 0.1) is 28.6 Å². The van der Waals surface area contributed by atoms with Gasteiger partial charge in [-0.2, -0.15) is 0 Å². The summed E-state index contributed by atoms with van der Waals surface area (Å²) in [5.41, 5.74) is 1.85. The van der Waals surface area contributed by atoms with Gasteiger partial charge in [0, 0.05) is 18.3 Å². The number of carbonyl (C=O) groups excluding carboxylic acids is 1. The van der Waals surface area contributed by atoms with Crippen molar-refractivity contribution < 1.29 is 14.3 Å². The molecule has 3 nitrogen and oxygen atoms in total. The van der Waals surface area contributed by atoms with Crippen molar-refractivity contribution in [2.24, 2.45) is 28.6 Å². The summed E-state index contributed by atoms with van der Waals surface area (Å²) in [7, 11) is 1.80. The largest absolute Gasteiger partial charge is 0.501 e. The van der Waals surface area contributed by atoms with Crippen LogP contribution in [0.15, 0.2) is 23.5 Å². The summed E-state index contributed by atoms with van der Waals surface area (Å²) in [5.74, 6) is 3.40. The zero-order valence-corrected chi connectivity index (χ0v) is 16.5. The van der Waals surface area contributed by atoms with Crippen LogP contribution in [-0.4, -0.2) is 18.7 Å². The van der Waals surface area contributed by atoms with Gasteiger partial charge in [-0.15, -0.1) is 0 Å². The number of hydrogen-bond donors (Lipinski definition) is 0. The van der Waals surface area contributed by atoms with Crippen LogP contribution >= 0.6 is 0 Å². The van der Waals surface area contributed by atoms with Crippen molar-refractivity contribution >= 4 is 5.97 Å². The Bertz CT molecular complexity index is 706. The second-order valence-electron chi connectivity index (χ2n) is 9.97. The summed E-state index contributed by atoms with van der Waals surface area (Å²) in [5, 5.41) is 0. The third-order valence-electron chi connectivity index (χ3n) is 9.33. The Labute approximate surface area is 157 Å². The van der Waals surface area contributed by atoms with Crippen molar-refractivity contribution in [2.45, 2.75) is 77.2 Å². The monoisotopic (exact) mass is 356 g/mol. The zero-order valence-electron chi connectivity index (χ0n) is 16.5. The maximum Gasteiger partial charge on any atom is 0.306 e. The highest BCUT2D eigenvalue weighted by molar-refractivity contribution is 5.72. The molecule has 0 aromatic heterocycles. The van der Waals surface area contributed by atoms with E-state index in [0.29, 0.717) is 17.8 Å². The van der Waals surface area contributed by atoms with Crippen LogP contribution in [0.3, 0.4) is 0 Å². The van der Waals surface area contributed by atoms with E-state index in [-0.39, 0.29) is 17.0 Å². The Morgan fingerprint density at radius 3 is 2.62 bits per heavy atom. The van der Waals surface area contributed by atoms with E-state index >= 15 is 0 Å². The molecule has 0 bridgehead atoms. The lowest BCUT2D eigenvalue weighted by atomic mass is 9.47. The minimum absolute atomic E-state index is 0.0382.